The zero-order chi connectivity index (χ0) is 5.98. The van der Waals surface area contributed by atoms with Crippen LogP contribution in [0.1, 0.15) is 6.92 Å². The first-order chi connectivity index (χ1) is 3.83. The van der Waals surface area contributed by atoms with Crippen LogP contribution in [0.3, 0.4) is 0 Å². The summed E-state index contributed by atoms with van der Waals surface area (Å²) >= 11 is 0. The fourth-order valence-corrected chi connectivity index (χ4v) is 0.518. The van der Waals surface area contributed by atoms with Crippen LogP contribution >= 0.6 is 0 Å². The van der Waals surface area contributed by atoms with E-state index < -0.39 is 0 Å². The van der Waals surface area contributed by atoms with Gasteiger partial charge in [0.1, 0.15) is 0 Å². The van der Waals surface area contributed by atoms with Gasteiger partial charge in [0.15, 0.2) is 0 Å². The topological polar surface area (TPSA) is 37.7 Å². The molecule has 3 heteroatoms. The minimum Gasteiger partial charge on any atom is -0.286 e. The van der Waals surface area contributed by atoms with E-state index in [0.29, 0.717) is 0 Å². The fourth-order valence-electron chi connectivity index (χ4n) is 0.518. The van der Waals surface area contributed by atoms with Gasteiger partial charge >= 0.3 is 0 Å². The molecule has 0 unspecified atom stereocenters. The van der Waals surface area contributed by atoms with E-state index >= 15 is 0 Å². The first-order valence-electron chi connectivity index (χ1n) is 2.52. The molecule has 43 valence electrons. The van der Waals surface area contributed by atoms with Crippen molar-refractivity contribution < 1.29 is 5.11 Å². The van der Waals surface area contributed by atoms with Crippen LogP contribution in [0.25, 0.3) is 0 Å². The van der Waals surface area contributed by atoms with E-state index in [1.165, 1.54) is 12.4 Å². The van der Waals surface area contributed by atoms with Gasteiger partial charge in [0.25, 0.3) is 0 Å². The summed E-state index contributed by atoms with van der Waals surface area (Å²) in [6.07, 6.45) is 2.78. The fraction of sp³-hybridized carbons (Fsp3) is 0.400. The second-order valence-electron chi connectivity index (χ2n) is 1.53. The van der Waals surface area contributed by atoms with E-state index in [0.717, 1.165) is 6.54 Å². The third-order valence-corrected chi connectivity index (χ3v) is 0.934. The Morgan fingerprint density at radius 2 is 2.62 bits per heavy atom. The van der Waals surface area contributed by atoms with Crippen LogP contribution in [0.5, 0.6) is 5.75 Å². The zero-order valence-electron chi connectivity index (χ0n) is 4.66. The summed E-state index contributed by atoms with van der Waals surface area (Å²) < 4.78 is 1.60. The molecule has 0 N–H and O–H groups in total. The van der Waals surface area contributed by atoms with Crippen molar-refractivity contribution in [1.29, 1.82) is 0 Å². The predicted octanol–water partition coefficient (Wildman–Crippen LogP) is 1.05. The summed E-state index contributed by atoms with van der Waals surface area (Å²) in [7, 11) is 0. The first-order valence-corrected chi connectivity index (χ1v) is 2.52. The van der Waals surface area contributed by atoms with Crippen molar-refractivity contribution in [3.8, 4) is 5.75 Å². The molecule has 0 aliphatic heterocycles. The monoisotopic (exact) mass is 111 g/mol. The molecule has 0 aromatic carbocycles. The van der Waals surface area contributed by atoms with Crippen molar-refractivity contribution in [3.63, 3.8) is 0 Å². The lowest BCUT2D eigenvalue weighted by atomic mass is 10.6. The van der Waals surface area contributed by atoms with Gasteiger partial charge in [-0.1, -0.05) is 0 Å². The zero-order valence-corrected chi connectivity index (χ0v) is 4.66. The standard InChI is InChI=1S/C5H7N2O/c1-2-7-4-5(8)3-6-7/h3-4H,2H2,1H3. The van der Waals surface area contributed by atoms with Gasteiger partial charge in [-0.3, -0.25) is 9.79 Å². The van der Waals surface area contributed by atoms with E-state index in [9.17, 15) is 5.11 Å². The number of hydrogen-bond acceptors (Lipinski definition) is 1. The van der Waals surface area contributed by atoms with Gasteiger partial charge in [0.2, 0.25) is 5.75 Å². The van der Waals surface area contributed by atoms with Crippen molar-refractivity contribution in [3.05, 3.63) is 12.4 Å². The van der Waals surface area contributed by atoms with Gasteiger partial charge in [0.05, 0.1) is 12.4 Å². The summed E-state index contributed by atoms with van der Waals surface area (Å²) in [5.74, 6) is -0.0214. The molecule has 8 heavy (non-hydrogen) atoms. The molecule has 0 spiro atoms. The number of hydrogen-bond donors (Lipinski definition) is 0. The van der Waals surface area contributed by atoms with Crippen LogP contribution in [0.4, 0.5) is 0 Å². The molecule has 1 aromatic heterocycles. The van der Waals surface area contributed by atoms with Gasteiger partial charge in [-0.25, -0.2) is 0 Å². The second kappa shape index (κ2) is 1.86. The highest BCUT2D eigenvalue weighted by atomic mass is 16.3. The Bertz CT molecular complexity index is 171. The van der Waals surface area contributed by atoms with Crippen molar-refractivity contribution in [2.45, 2.75) is 13.5 Å². The molecule has 0 saturated heterocycles. The minimum absolute atomic E-state index is 0.0214. The Balaban J connectivity index is 2.84. The highest BCUT2D eigenvalue weighted by Gasteiger charge is 1.91. The van der Waals surface area contributed by atoms with Crippen molar-refractivity contribution >= 4 is 0 Å². The molecule has 1 aromatic rings. The van der Waals surface area contributed by atoms with E-state index in [-0.39, 0.29) is 5.75 Å². The van der Waals surface area contributed by atoms with Crippen LogP contribution in [0, 0.1) is 0 Å². The molecule has 0 saturated carbocycles. The van der Waals surface area contributed by atoms with Gasteiger partial charge in [-0.15, -0.1) is 0 Å². The molecule has 0 aliphatic carbocycles. The van der Waals surface area contributed by atoms with Gasteiger partial charge in [-0.2, -0.15) is 5.10 Å². The van der Waals surface area contributed by atoms with E-state index in [1.54, 1.807) is 4.68 Å². The molecule has 0 fully saturated rings. The SMILES string of the molecule is CCn1cc([O])cn1. The Kier molecular flexibility index (Phi) is 1.20. The largest absolute Gasteiger partial charge is 0.286 e. The summed E-state index contributed by atoms with van der Waals surface area (Å²) in [6.45, 7) is 2.70. The van der Waals surface area contributed by atoms with Crippen LogP contribution in [-0.4, -0.2) is 9.78 Å². The maximum atomic E-state index is 10.4. The predicted molar refractivity (Wildman–Crippen MR) is 28.0 cm³/mol. The minimum atomic E-state index is -0.0214. The van der Waals surface area contributed by atoms with Crippen LogP contribution in [0.15, 0.2) is 12.4 Å². The molecule has 1 heterocycles. The van der Waals surface area contributed by atoms with Crippen LogP contribution in [0.2, 0.25) is 0 Å². The average molecular weight is 111 g/mol. The Morgan fingerprint density at radius 3 is 2.88 bits per heavy atom. The molecule has 3 nitrogen and oxygen atoms in total. The molecular weight excluding hydrogens is 104 g/mol. The van der Waals surface area contributed by atoms with E-state index in [1.807, 2.05) is 6.92 Å². The lowest BCUT2D eigenvalue weighted by Crippen LogP contribution is -1.91. The Labute approximate surface area is 47.6 Å². The first kappa shape index (κ1) is 5.15. The van der Waals surface area contributed by atoms with Crippen molar-refractivity contribution in [2.75, 3.05) is 0 Å². The Hall–Kier alpha value is -0.990. The number of aryl methyl sites for hydroxylation is 1. The summed E-state index contributed by atoms with van der Waals surface area (Å²) in [4.78, 5) is 0. The highest BCUT2D eigenvalue weighted by molar-refractivity contribution is 5.07. The average Bonchev–Trinajstić information content (AvgIpc) is 2.14. The third-order valence-electron chi connectivity index (χ3n) is 0.934. The van der Waals surface area contributed by atoms with Crippen LogP contribution in [-0.2, 0) is 11.7 Å². The Morgan fingerprint density at radius 1 is 1.88 bits per heavy atom. The smallest absolute Gasteiger partial charge is 0.216 e. The molecule has 0 aliphatic rings. The molecule has 0 bridgehead atoms. The van der Waals surface area contributed by atoms with E-state index in [2.05, 4.69) is 5.10 Å². The maximum Gasteiger partial charge on any atom is 0.216 e. The lowest BCUT2D eigenvalue weighted by Gasteiger charge is -1.87. The summed E-state index contributed by atoms with van der Waals surface area (Å²) in [6, 6.07) is 0. The van der Waals surface area contributed by atoms with Crippen molar-refractivity contribution in [2.24, 2.45) is 0 Å². The summed E-state index contributed by atoms with van der Waals surface area (Å²) in [5, 5.41) is 14.1. The normalized spacial score (nSPS) is 9.62. The van der Waals surface area contributed by atoms with E-state index in [4.69, 9.17) is 0 Å². The van der Waals surface area contributed by atoms with Gasteiger partial charge in [-0.05, 0) is 6.92 Å². The summed E-state index contributed by atoms with van der Waals surface area (Å²) in [5.41, 5.74) is 0. The molecule has 0 amide bonds. The van der Waals surface area contributed by atoms with Crippen LogP contribution < -0.4 is 0 Å². The third kappa shape index (κ3) is 0.804. The second-order valence-corrected chi connectivity index (χ2v) is 1.53. The molecule has 1 radical (unpaired) electrons. The number of nitrogens with zero attached hydrogens (tertiary/aromatic N) is 2. The van der Waals surface area contributed by atoms with Gasteiger partial charge < -0.3 is 0 Å². The van der Waals surface area contributed by atoms with Gasteiger partial charge in [0, 0.05) is 6.54 Å². The molecule has 0 atom stereocenters. The maximum absolute atomic E-state index is 10.4. The number of rotatable bonds is 1. The number of aromatic nitrogens is 2. The quantitative estimate of drug-likeness (QED) is 0.533. The molecule has 1 rings (SSSR count). The highest BCUT2D eigenvalue weighted by Crippen LogP contribution is 2.03. The van der Waals surface area contributed by atoms with Crippen molar-refractivity contribution in [1.82, 2.24) is 9.78 Å². The lowest BCUT2D eigenvalue weighted by molar-refractivity contribution is 0.354. The molecular formula is C5H7N2O.